The van der Waals surface area contributed by atoms with Crippen molar-refractivity contribution in [2.75, 3.05) is 18.4 Å². The molecule has 0 saturated carbocycles. The number of ether oxygens (including phenoxy) is 2. The molecule has 0 aliphatic carbocycles. The Morgan fingerprint density at radius 1 is 1.18 bits per heavy atom. The third-order valence-electron chi connectivity index (χ3n) is 5.08. The second-order valence-electron chi connectivity index (χ2n) is 8.10. The zero-order chi connectivity index (χ0) is 23.0. The van der Waals surface area contributed by atoms with Crippen molar-refractivity contribution in [3.05, 3.63) is 77.1 Å². The first kappa shape index (κ1) is 23.1. The fraction of sp³-hybridized carbons (Fsp3) is 0.320. The van der Waals surface area contributed by atoms with Gasteiger partial charge in [0, 0.05) is 37.3 Å². The summed E-state index contributed by atoms with van der Waals surface area (Å²) < 4.78 is 11.5. The Balaban J connectivity index is 1.24. The van der Waals surface area contributed by atoms with E-state index in [0.29, 0.717) is 11.7 Å². The fourth-order valence-corrected chi connectivity index (χ4v) is 4.42. The van der Waals surface area contributed by atoms with Gasteiger partial charge in [-0.3, -0.25) is 20.0 Å². The Labute approximate surface area is 198 Å². The van der Waals surface area contributed by atoms with Crippen LogP contribution < -0.4 is 10.1 Å². The van der Waals surface area contributed by atoms with Gasteiger partial charge in [0.15, 0.2) is 5.13 Å². The number of thiazole rings is 1. The van der Waals surface area contributed by atoms with Gasteiger partial charge in [-0.15, -0.1) is 11.3 Å². The van der Waals surface area contributed by atoms with Gasteiger partial charge in [-0.25, -0.2) is 4.98 Å². The van der Waals surface area contributed by atoms with Crippen LogP contribution in [0.1, 0.15) is 30.8 Å². The minimum absolute atomic E-state index is 0.208. The fourth-order valence-electron chi connectivity index (χ4n) is 3.71. The number of nitrogens with zero attached hydrogens (tertiary/aromatic N) is 3. The van der Waals surface area contributed by atoms with E-state index in [1.54, 1.807) is 12.3 Å². The van der Waals surface area contributed by atoms with Crippen LogP contribution in [-0.4, -0.2) is 46.1 Å². The molecular weight excluding hydrogens is 436 g/mol. The molecule has 1 aliphatic rings. The number of anilines is 1. The molecule has 2 unspecified atom stereocenters. The monoisotopic (exact) mass is 464 g/mol. The van der Waals surface area contributed by atoms with E-state index in [-0.39, 0.29) is 18.1 Å². The van der Waals surface area contributed by atoms with E-state index in [1.807, 2.05) is 47.8 Å². The molecule has 7 nitrogen and oxygen atoms in total. The highest BCUT2D eigenvalue weighted by Gasteiger charge is 2.22. The SMILES string of the molecule is CC1CN(Cc2csc(NC(=O)/C=C/c3ccc(OCc4ccccn4)cc3)n2)CC(C)O1. The third-order valence-corrected chi connectivity index (χ3v) is 5.89. The van der Waals surface area contributed by atoms with Crippen LogP contribution in [0, 0.1) is 0 Å². The number of amides is 1. The van der Waals surface area contributed by atoms with Gasteiger partial charge in [0.25, 0.3) is 0 Å². The first-order valence-corrected chi connectivity index (χ1v) is 11.9. The first-order valence-electron chi connectivity index (χ1n) is 11.0. The molecule has 1 saturated heterocycles. The molecule has 8 heteroatoms. The van der Waals surface area contributed by atoms with Gasteiger partial charge in [0.1, 0.15) is 12.4 Å². The van der Waals surface area contributed by atoms with Gasteiger partial charge >= 0.3 is 0 Å². The average Bonchev–Trinajstić information content (AvgIpc) is 3.23. The van der Waals surface area contributed by atoms with Gasteiger partial charge in [-0.1, -0.05) is 18.2 Å². The molecule has 1 aliphatic heterocycles. The van der Waals surface area contributed by atoms with Crippen molar-refractivity contribution in [1.29, 1.82) is 0 Å². The van der Waals surface area contributed by atoms with Crippen LogP contribution in [0.5, 0.6) is 5.75 Å². The van der Waals surface area contributed by atoms with Crippen molar-refractivity contribution in [2.24, 2.45) is 0 Å². The standard InChI is InChI=1S/C25H28N4O3S/c1-18-13-29(14-19(2)32-18)15-22-17-33-25(27-22)28-24(30)11-8-20-6-9-23(10-7-20)31-16-21-5-3-4-12-26-21/h3-12,17-19H,13-16H2,1-2H3,(H,27,28,30)/b11-8+. The molecule has 1 N–H and O–H groups in total. The second kappa shape index (κ2) is 11.2. The molecule has 1 amide bonds. The van der Waals surface area contributed by atoms with Crippen LogP contribution >= 0.6 is 11.3 Å². The molecule has 2 aromatic heterocycles. The van der Waals surface area contributed by atoms with Crippen molar-refractivity contribution < 1.29 is 14.3 Å². The maximum Gasteiger partial charge on any atom is 0.250 e. The van der Waals surface area contributed by atoms with Crippen LogP contribution in [-0.2, 0) is 22.7 Å². The molecule has 3 aromatic rings. The number of carbonyl (C=O) groups is 1. The normalized spacial score (nSPS) is 19.0. The maximum atomic E-state index is 12.3. The number of benzene rings is 1. The summed E-state index contributed by atoms with van der Waals surface area (Å²) in [4.78, 5) is 23.4. The number of nitrogens with one attached hydrogen (secondary N) is 1. The quantitative estimate of drug-likeness (QED) is 0.499. The minimum Gasteiger partial charge on any atom is -0.487 e. The maximum absolute atomic E-state index is 12.3. The molecule has 1 fully saturated rings. The summed E-state index contributed by atoms with van der Waals surface area (Å²) in [6.07, 6.45) is 5.46. The molecular formula is C25H28N4O3S. The summed E-state index contributed by atoms with van der Waals surface area (Å²) >= 11 is 1.44. The van der Waals surface area contributed by atoms with E-state index in [1.165, 1.54) is 17.4 Å². The van der Waals surface area contributed by atoms with Crippen molar-refractivity contribution in [1.82, 2.24) is 14.9 Å². The number of pyridine rings is 1. The zero-order valence-corrected chi connectivity index (χ0v) is 19.6. The predicted molar refractivity (Wildman–Crippen MR) is 130 cm³/mol. The lowest BCUT2D eigenvalue weighted by Gasteiger charge is -2.34. The number of hydrogen-bond acceptors (Lipinski definition) is 7. The number of aromatic nitrogens is 2. The largest absolute Gasteiger partial charge is 0.487 e. The molecule has 0 spiro atoms. The minimum atomic E-state index is -0.208. The van der Waals surface area contributed by atoms with E-state index < -0.39 is 0 Å². The summed E-state index contributed by atoms with van der Waals surface area (Å²) in [7, 11) is 0. The van der Waals surface area contributed by atoms with Crippen LogP contribution in [0.2, 0.25) is 0 Å². The van der Waals surface area contributed by atoms with E-state index in [9.17, 15) is 4.79 Å². The highest BCUT2D eigenvalue weighted by atomic mass is 32.1. The molecule has 2 atom stereocenters. The van der Waals surface area contributed by atoms with Gasteiger partial charge in [-0.05, 0) is 49.8 Å². The summed E-state index contributed by atoms with van der Waals surface area (Å²) in [6, 6.07) is 13.3. The smallest absolute Gasteiger partial charge is 0.250 e. The predicted octanol–water partition coefficient (Wildman–Crippen LogP) is 4.38. The number of hydrogen-bond donors (Lipinski definition) is 1. The van der Waals surface area contributed by atoms with Crippen LogP contribution in [0.4, 0.5) is 5.13 Å². The molecule has 0 bridgehead atoms. The van der Waals surface area contributed by atoms with E-state index in [0.717, 1.165) is 42.3 Å². The van der Waals surface area contributed by atoms with Crippen LogP contribution in [0.25, 0.3) is 6.08 Å². The average molecular weight is 465 g/mol. The van der Waals surface area contributed by atoms with E-state index in [2.05, 4.69) is 34.0 Å². The van der Waals surface area contributed by atoms with Gasteiger partial charge < -0.3 is 9.47 Å². The highest BCUT2D eigenvalue weighted by molar-refractivity contribution is 7.13. The molecule has 0 radical (unpaired) electrons. The van der Waals surface area contributed by atoms with Crippen LogP contribution in [0.15, 0.2) is 60.1 Å². The Morgan fingerprint density at radius 3 is 2.70 bits per heavy atom. The van der Waals surface area contributed by atoms with Crippen LogP contribution in [0.3, 0.4) is 0 Å². The number of morpholine rings is 1. The number of carbonyl (C=O) groups excluding carboxylic acids is 1. The lowest BCUT2D eigenvalue weighted by atomic mass is 10.2. The Kier molecular flexibility index (Phi) is 7.83. The molecule has 4 rings (SSSR count). The molecule has 33 heavy (non-hydrogen) atoms. The molecule has 3 heterocycles. The summed E-state index contributed by atoms with van der Waals surface area (Å²) in [5.41, 5.74) is 2.74. The Hall–Kier alpha value is -3.07. The first-order chi connectivity index (χ1) is 16.0. The third kappa shape index (κ3) is 7.21. The van der Waals surface area contributed by atoms with Crippen molar-refractivity contribution >= 4 is 28.5 Å². The lowest BCUT2D eigenvalue weighted by molar-refractivity contribution is -0.111. The zero-order valence-electron chi connectivity index (χ0n) is 18.8. The van der Waals surface area contributed by atoms with E-state index in [4.69, 9.17) is 9.47 Å². The highest BCUT2D eigenvalue weighted by Crippen LogP contribution is 2.20. The van der Waals surface area contributed by atoms with Crippen molar-refractivity contribution in [3.8, 4) is 5.75 Å². The topological polar surface area (TPSA) is 76.6 Å². The Morgan fingerprint density at radius 2 is 1.97 bits per heavy atom. The summed E-state index contributed by atoms with van der Waals surface area (Å²) in [6.45, 7) is 7.13. The van der Waals surface area contributed by atoms with Gasteiger partial charge in [-0.2, -0.15) is 0 Å². The Bertz CT molecular complexity index is 1060. The van der Waals surface area contributed by atoms with E-state index >= 15 is 0 Å². The van der Waals surface area contributed by atoms with Crippen molar-refractivity contribution in [2.45, 2.75) is 39.2 Å². The van der Waals surface area contributed by atoms with Gasteiger partial charge in [0.05, 0.1) is 23.6 Å². The van der Waals surface area contributed by atoms with Crippen molar-refractivity contribution in [3.63, 3.8) is 0 Å². The number of rotatable bonds is 8. The van der Waals surface area contributed by atoms with Gasteiger partial charge in [0.2, 0.25) is 5.91 Å². The molecule has 1 aromatic carbocycles. The summed E-state index contributed by atoms with van der Waals surface area (Å²) in [5, 5.41) is 5.44. The second-order valence-corrected chi connectivity index (χ2v) is 8.95. The molecule has 172 valence electrons. The summed E-state index contributed by atoms with van der Waals surface area (Å²) in [5.74, 6) is 0.543. The lowest BCUT2D eigenvalue weighted by Crippen LogP contribution is -2.44.